The molecule has 0 atom stereocenters. The zero-order valence-corrected chi connectivity index (χ0v) is 50.4. The molecule has 6 rings (SSSR count). The van der Waals surface area contributed by atoms with Gasteiger partial charge in [0.25, 0.3) is 5.69 Å². The molecule has 0 bridgehead atoms. The van der Waals surface area contributed by atoms with Crippen LogP contribution >= 0.6 is 35.0 Å². The van der Waals surface area contributed by atoms with Crippen molar-refractivity contribution in [3.8, 4) is 5.75 Å². The number of hydrogen-bond donors (Lipinski definition) is 1. The van der Waals surface area contributed by atoms with Gasteiger partial charge in [0, 0.05) is 36.2 Å². The minimum atomic E-state index is -4.37. The zero-order chi connectivity index (χ0) is 59.0. The van der Waals surface area contributed by atoms with E-state index in [9.17, 15) is 37.2 Å². The molecule has 0 aliphatic carbocycles. The Kier molecular flexibility index (Phi) is 30.8. The van der Waals surface area contributed by atoms with Gasteiger partial charge in [-0.25, -0.2) is 0 Å². The summed E-state index contributed by atoms with van der Waals surface area (Å²) in [5.74, 6) is 2.72. The summed E-state index contributed by atoms with van der Waals surface area (Å²) in [4.78, 5) is 13.5. The van der Waals surface area contributed by atoms with E-state index in [0.717, 1.165) is 17.2 Å². The van der Waals surface area contributed by atoms with Crippen molar-refractivity contribution < 1.29 is 36.7 Å². The number of hydrogen-bond acceptors (Lipinski definition) is 6. The van der Waals surface area contributed by atoms with Gasteiger partial charge in [-0.05, 0) is 135 Å². The lowest BCUT2D eigenvalue weighted by Gasteiger charge is -2.22. The summed E-state index contributed by atoms with van der Waals surface area (Å²) in [5.41, 5.74) is 8.30. The van der Waals surface area contributed by atoms with E-state index < -0.39 is 23.3 Å². The number of nitrogens with zero attached hydrogens (tertiary/aromatic N) is 2. The van der Waals surface area contributed by atoms with Crippen molar-refractivity contribution >= 4 is 46.3 Å². The molecule has 424 valence electrons. The molecule has 0 saturated heterocycles. The quantitative estimate of drug-likeness (QED) is 0.0537. The maximum absolute atomic E-state index is 12.4. The van der Waals surface area contributed by atoms with Crippen LogP contribution in [0.4, 0.5) is 33.3 Å². The molecule has 77 heavy (non-hydrogen) atoms. The molecule has 14 heteroatoms. The Morgan fingerprint density at radius 3 is 1.39 bits per heavy atom. The number of thioether (sulfide) groups is 1. The molecular weight excluding hydrogens is 1050 g/mol. The van der Waals surface area contributed by atoms with Crippen molar-refractivity contribution in [1.29, 1.82) is 0 Å². The number of alkyl halides is 5. The van der Waals surface area contributed by atoms with Crippen LogP contribution in [0.5, 0.6) is 5.75 Å². The smallest absolute Gasteiger partial charge is 0.417 e. The summed E-state index contributed by atoms with van der Waals surface area (Å²) < 4.78 is 65.2. The molecule has 0 aliphatic heterocycles. The Bertz CT molecular complexity index is 2610. The highest BCUT2D eigenvalue weighted by Crippen LogP contribution is 2.36. The Morgan fingerprint density at radius 1 is 0.584 bits per heavy atom. The number of halogens is 7. The zero-order valence-electron chi connectivity index (χ0n) is 48.1. The molecule has 0 radical (unpaired) electrons. The number of benzene rings is 6. The molecule has 1 N–H and O–H groups in total. The van der Waals surface area contributed by atoms with Gasteiger partial charge in [-0.3, -0.25) is 10.1 Å². The molecular formula is C63H83Cl2F5N2O4S. The first-order valence-corrected chi connectivity index (χ1v) is 27.7. The van der Waals surface area contributed by atoms with Crippen molar-refractivity contribution in [3.05, 3.63) is 198 Å². The maximum Gasteiger partial charge on any atom is 0.417 e. The van der Waals surface area contributed by atoms with E-state index in [0.29, 0.717) is 29.2 Å². The van der Waals surface area contributed by atoms with Crippen molar-refractivity contribution in [3.63, 3.8) is 0 Å². The van der Waals surface area contributed by atoms with E-state index in [1.807, 2.05) is 47.6 Å². The topological polar surface area (TPSA) is 75.8 Å². The largest absolute Gasteiger partial charge is 0.435 e. The minimum Gasteiger partial charge on any atom is -0.435 e. The van der Waals surface area contributed by atoms with Gasteiger partial charge in [-0.15, -0.1) is 11.8 Å². The lowest BCUT2D eigenvalue weighted by atomic mass is 9.84. The summed E-state index contributed by atoms with van der Waals surface area (Å²) in [6.45, 7) is 26.4. The minimum absolute atomic E-state index is 0.0205. The Morgan fingerprint density at radius 2 is 0.987 bits per heavy atom. The van der Waals surface area contributed by atoms with Crippen molar-refractivity contribution in [2.75, 3.05) is 31.9 Å². The van der Waals surface area contributed by atoms with E-state index in [1.165, 1.54) is 51.0 Å². The summed E-state index contributed by atoms with van der Waals surface area (Å²) in [5, 5.41) is 19.7. The highest BCUT2D eigenvalue weighted by atomic mass is 35.5. The third kappa shape index (κ3) is 25.9. The standard InChI is InChI=1S/C13H20O.C11H17N.C10H10ClF3.C10H12F2O.C10H14S.C9H10ClNO2/c1-10(2)11-5-7-12(8-6-11)13(3,4)9-14;1-9(2)10-5-7-11(8-6-10)12(3)4;1-6(2)7-3-4-9(11)8(5-7)10(12,13)14;1-7(2)8-4-3-5-9(6-8)13-10(11)12;1-8(2)9-5-4-6-10(7-9)11-3;1-6(2)7-3-4-8(10)9(5-7)11(12)13/h5-8,10,14H,9H2,1-4H3;5-9H,1-4H3;3-6H,1-2H3;3-7,10H,1-2H3;4-8H,1-3H3;3-6H,1-2H3. The van der Waals surface area contributed by atoms with Crippen LogP contribution in [0.1, 0.15) is 177 Å². The molecule has 0 aromatic heterocycles. The molecule has 0 unspecified atom stereocenters. The second kappa shape index (κ2) is 34.0. The van der Waals surface area contributed by atoms with Crippen LogP contribution in [0.2, 0.25) is 10.0 Å². The van der Waals surface area contributed by atoms with Crippen molar-refractivity contribution in [2.45, 2.75) is 156 Å². The predicted molar refractivity (Wildman–Crippen MR) is 318 cm³/mol. The fourth-order valence-corrected chi connectivity index (χ4v) is 7.65. The molecule has 6 aromatic rings. The van der Waals surface area contributed by atoms with Gasteiger partial charge in [0.15, 0.2) is 0 Å². The highest BCUT2D eigenvalue weighted by Gasteiger charge is 2.33. The SMILES string of the molecule is CC(C)c1ccc(C(C)(C)CO)cc1.CC(C)c1ccc(Cl)c(C(F)(F)F)c1.CC(C)c1ccc(Cl)c([N+](=O)[O-])c1.CC(C)c1ccc(N(C)C)cc1.CC(C)c1cccc(OC(F)F)c1.CSc1cccc(C(C)C)c1. The number of anilines is 1. The van der Waals surface area contributed by atoms with Crippen LogP contribution < -0.4 is 9.64 Å². The molecule has 6 nitrogen and oxygen atoms in total. The summed E-state index contributed by atoms with van der Waals surface area (Å²) in [6.07, 6.45) is -2.26. The first kappa shape index (κ1) is 69.9. The van der Waals surface area contributed by atoms with E-state index in [2.05, 4.69) is 158 Å². The average molecular weight is 1130 g/mol. The Hall–Kier alpha value is -5.14. The monoisotopic (exact) mass is 1130 g/mol. The fraction of sp³-hybridized carbons (Fsp3) is 0.429. The second-order valence-electron chi connectivity index (χ2n) is 21.0. The molecule has 0 amide bonds. The van der Waals surface area contributed by atoms with Gasteiger partial charge in [0.1, 0.15) is 10.8 Å². The predicted octanol–water partition coefficient (Wildman–Crippen LogP) is 20.8. The molecule has 0 saturated carbocycles. The van der Waals surface area contributed by atoms with E-state index in [1.54, 1.807) is 42.1 Å². The molecule has 6 aromatic carbocycles. The third-order valence-electron chi connectivity index (χ3n) is 12.1. The van der Waals surface area contributed by atoms with Gasteiger partial charge >= 0.3 is 12.8 Å². The Balaban J connectivity index is 0.000000463. The highest BCUT2D eigenvalue weighted by molar-refractivity contribution is 7.98. The van der Waals surface area contributed by atoms with E-state index >= 15 is 0 Å². The van der Waals surface area contributed by atoms with Crippen molar-refractivity contribution in [2.24, 2.45) is 0 Å². The first-order valence-electron chi connectivity index (χ1n) is 25.7. The molecule has 0 heterocycles. The normalized spacial score (nSPS) is 11.2. The summed E-state index contributed by atoms with van der Waals surface area (Å²) in [6, 6.07) is 41.6. The number of nitro benzene ring substituents is 1. The molecule has 0 spiro atoms. The number of aliphatic hydroxyl groups is 1. The second-order valence-corrected chi connectivity index (χ2v) is 22.7. The van der Waals surface area contributed by atoms with Crippen LogP contribution in [0.15, 0.2) is 138 Å². The number of nitro groups is 1. The Labute approximate surface area is 471 Å². The number of ether oxygens (including phenoxy) is 1. The van der Waals surface area contributed by atoms with Gasteiger partial charge in [0.05, 0.1) is 22.1 Å². The van der Waals surface area contributed by atoms with Crippen LogP contribution in [-0.2, 0) is 11.6 Å². The van der Waals surface area contributed by atoms with Gasteiger partial charge < -0.3 is 14.7 Å². The number of aliphatic hydroxyl groups excluding tert-OH is 1. The van der Waals surface area contributed by atoms with Crippen LogP contribution in [0, 0.1) is 10.1 Å². The lowest BCUT2D eigenvalue weighted by Crippen LogP contribution is -2.21. The fourth-order valence-electron chi connectivity index (χ4n) is 6.77. The van der Waals surface area contributed by atoms with E-state index in [-0.39, 0.29) is 45.3 Å². The summed E-state index contributed by atoms with van der Waals surface area (Å²) >= 11 is 12.9. The first-order chi connectivity index (χ1) is 35.7. The van der Waals surface area contributed by atoms with Gasteiger partial charge in [-0.1, -0.05) is 193 Å². The summed E-state index contributed by atoms with van der Waals surface area (Å²) in [7, 11) is 4.12. The van der Waals surface area contributed by atoms with Gasteiger partial charge in [0.2, 0.25) is 0 Å². The van der Waals surface area contributed by atoms with Gasteiger partial charge in [-0.2, -0.15) is 22.0 Å². The number of rotatable bonds is 13. The van der Waals surface area contributed by atoms with Crippen LogP contribution in [0.25, 0.3) is 0 Å². The third-order valence-corrected chi connectivity index (χ3v) is 13.5. The van der Waals surface area contributed by atoms with E-state index in [4.69, 9.17) is 23.2 Å². The van der Waals surface area contributed by atoms with Crippen LogP contribution in [0.3, 0.4) is 0 Å². The molecule has 0 aliphatic rings. The van der Waals surface area contributed by atoms with Crippen molar-refractivity contribution in [1.82, 2.24) is 0 Å². The lowest BCUT2D eigenvalue weighted by molar-refractivity contribution is -0.384. The molecule has 0 fully saturated rings. The maximum atomic E-state index is 12.4. The average Bonchev–Trinajstić information content (AvgIpc) is 3.37. The van der Waals surface area contributed by atoms with Crippen LogP contribution in [-0.4, -0.2) is 43.6 Å².